The average molecular weight is 621 g/mol. The van der Waals surface area contributed by atoms with Gasteiger partial charge in [-0.15, -0.1) is 22.7 Å². The summed E-state index contributed by atoms with van der Waals surface area (Å²) in [7, 11) is 3.18. The van der Waals surface area contributed by atoms with Crippen LogP contribution in [0.25, 0.3) is 20.2 Å². The molecule has 0 saturated carbocycles. The van der Waals surface area contributed by atoms with E-state index in [4.69, 9.17) is 19.7 Å². The number of ether oxygens (including phenoxy) is 2. The number of ketones is 2. The number of fused-ring (bicyclic) bond motifs is 2. The topological polar surface area (TPSA) is 156 Å². The number of imidazole rings is 1. The molecule has 0 amide bonds. The number of aromatic nitrogens is 2. The molecular formula is C31H28N2O8S2. The number of Topliss-reactive ketones (excluding diaryl/α,β-unsaturated/α-hetero) is 2. The third kappa shape index (κ3) is 6.76. The normalized spacial score (nSPS) is 11.2. The molecule has 43 heavy (non-hydrogen) atoms. The Bertz CT molecular complexity index is 1730. The monoisotopic (exact) mass is 620 g/mol. The quantitative estimate of drug-likeness (QED) is 0.124. The maximum atomic E-state index is 12.5. The minimum absolute atomic E-state index is 0.0489. The molecule has 3 N–H and O–H groups in total. The van der Waals surface area contributed by atoms with E-state index < -0.39 is 11.9 Å². The van der Waals surface area contributed by atoms with Crippen molar-refractivity contribution in [2.24, 2.45) is 0 Å². The number of hydrogen-bond acceptors (Lipinski definition) is 9. The number of H-pyrrole nitrogens is 1. The molecule has 0 radical (unpaired) electrons. The van der Waals surface area contributed by atoms with Gasteiger partial charge in [-0.05, 0) is 47.2 Å². The van der Waals surface area contributed by atoms with Crippen molar-refractivity contribution < 1.29 is 38.9 Å². The van der Waals surface area contributed by atoms with Gasteiger partial charge in [0.05, 0.1) is 48.8 Å². The fourth-order valence-electron chi connectivity index (χ4n) is 4.86. The number of nitrogens with zero attached hydrogens (tertiary/aromatic N) is 1. The van der Waals surface area contributed by atoms with Crippen LogP contribution in [0.2, 0.25) is 0 Å². The number of nitrogens with one attached hydrogen (secondary N) is 1. The molecule has 3 aromatic heterocycles. The highest BCUT2D eigenvalue weighted by atomic mass is 32.1. The second-order valence-corrected chi connectivity index (χ2v) is 12.1. The Balaban J connectivity index is 1.40. The molecule has 5 aromatic rings. The zero-order valence-corrected chi connectivity index (χ0v) is 25.0. The van der Waals surface area contributed by atoms with E-state index in [1.54, 1.807) is 32.7 Å². The number of thiophene rings is 2. The van der Waals surface area contributed by atoms with Crippen LogP contribution in [-0.2, 0) is 22.4 Å². The molecule has 5 rings (SSSR count). The molecule has 0 fully saturated rings. The summed E-state index contributed by atoms with van der Waals surface area (Å²) in [6, 6.07) is 11.3. The molecule has 0 aliphatic rings. The van der Waals surface area contributed by atoms with E-state index in [1.807, 2.05) is 24.3 Å². The van der Waals surface area contributed by atoms with E-state index in [0.717, 1.165) is 42.7 Å². The summed E-state index contributed by atoms with van der Waals surface area (Å²) in [6.45, 7) is 0. The van der Waals surface area contributed by atoms with Crippen molar-refractivity contribution in [2.75, 3.05) is 14.2 Å². The second kappa shape index (κ2) is 12.8. The van der Waals surface area contributed by atoms with Crippen LogP contribution in [0.1, 0.15) is 67.5 Å². The van der Waals surface area contributed by atoms with E-state index in [0.29, 0.717) is 34.1 Å². The second-order valence-electron chi connectivity index (χ2n) is 9.94. The lowest BCUT2D eigenvalue weighted by Gasteiger charge is -2.11. The highest BCUT2D eigenvalue weighted by Gasteiger charge is 2.19. The van der Waals surface area contributed by atoms with Gasteiger partial charge in [0, 0.05) is 51.9 Å². The molecule has 3 heterocycles. The van der Waals surface area contributed by atoms with Crippen LogP contribution < -0.4 is 9.47 Å². The van der Waals surface area contributed by atoms with Crippen LogP contribution in [0, 0.1) is 0 Å². The fraction of sp³-hybridized carbons (Fsp3) is 0.258. The molecule has 12 heteroatoms. The van der Waals surface area contributed by atoms with Crippen LogP contribution in [-0.4, -0.2) is 57.9 Å². The molecule has 222 valence electrons. The SMILES string of the molecule is COc1cc2cc(C(=O)CCC(=O)O)sc2cc1Cc1nc[nH]c1Cc1cc2sc(C(=O)CCC(=O)O)cc2cc1OC. The average Bonchev–Trinajstić information content (AvgIpc) is 3.71. The zero-order chi connectivity index (χ0) is 30.7. The van der Waals surface area contributed by atoms with Crippen molar-refractivity contribution in [3.8, 4) is 11.5 Å². The van der Waals surface area contributed by atoms with Gasteiger partial charge in [0.25, 0.3) is 0 Å². The maximum absolute atomic E-state index is 12.5. The van der Waals surface area contributed by atoms with Gasteiger partial charge in [-0.2, -0.15) is 0 Å². The molecule has 0 spiro atoms. The summed E-state index contributed by atoms with van der Waals surface area (Å²) in [5.41, 5.74) is 3.48. The molecule has 2 aromatic carbocycles. The van der Waals surface area contributed by atoms with E-state index in [2.05, 4.69) is 9.97 Å². The third-order valence-electron chi connectivity index (χ3n) is 7.05. The van der Waals surface area contributed by atoms with Gasteiger partial charge in [0.1, 0.15) is 11.5 Å². The lowest BCUT2D eigenvalue weighted by Crippen LogP contribution is -2.01. The standard InChI is InChI=1S/C31H28N2O8S2/c1-40-24-9-18-13-28(22(34)3-5-30(36)37)42-26(18)11-16(24)7-20-21(33-15-32-20)8-17-12-27-19(10-25(17)41-2)14-29(43-27)23(35)4-6-31(38)39/h9-15H,3-8H2,1-2H3,(H,32,33)(H,36,37)(H,38,39). The van der Waals surface area contributed by atoms with Gasteiger partial charge >= 0.3 is 11.9 Å². The largest absolute Gasteiger partial charge is 0.496 e. The Labute approximate surface area is 253 Å². The molecule has 0 atom stereocenters. The number of aromatic amines is 1. The molecule has 0 aliphatic heterocycles. The highest BCUT2D eigenvalue weighted by molar-refractivity contribution is 7.21. The Morgan fingerprint density at radius 1 is 0.721 bits per heavy atom. The van der Waals surface area contributed by atoms with E-state index >= 15 is 0 Å². The van der Waals surface area contributed by atoms with Gasteiger partial charge < -0.3 is 24.7 Å². The van der Waals surface area contributed by atoms with E-state index in [1.165, 1.54) is 22.7 Å². The number of aliphatic carboxylic acids is 2. The van der Waals surface area contributed by atoms with Crippen molar-refractivity contribution in [1.82, 2.24) is 9.97 Å². The van der Waals surface area contributed by atoms with Crippen LogP contribution in [0.4, 0.5) is 0 Å². The van der Waals surface area contributed by atoms with Crippen molar-refractivity contribution in [3.63, 3.8) is 0 Å². The van der Waals surface area contributed by atoms with Gasteiger partial charge in [0.15, 0.2) is 11.6 Å². The summed E-state index contributed by atoms with van der Waals surface area (Å²) in [4.78, 5) is 55.6. The van der Waals surface area contributed by atoms with Gasteiger partial charge in [-0.3, -0.25) is 19.2 Å². The summed E-state index contributed by atoms with van der Waals surface area (Å²) in [5.74, 6) is -1.10. The first-order valence-corrected chi connectivity index (χ1v) is 15.0. The number of carboxylic acid groups (broad SMARTS) is 2. The van der Waals surface area contributed by atoms with Crippen LogP contribution in [0.15, 0.2) is 42.7 Å². The molecule has 0 bridgehead atoms. The van der Waals surface area contributed by atoms with Gasteiger partial charge in [-0.1, -0.05) is 0 Å². The highest BCUT2D eigenvalue weighted by Crippen LogP contribution is 2.36. The molecular weight excluding hydrogens is 592 g/mol. The minimum Gasteiger partial charge on any atom is -0.496 e. The molecule has 0 unspecified atom stereocenters. The Morgan fingerprint density at radius 3 is 1.67 bits per heavy atom. The summed E-state index contributed by atoms with van der Waals surface area (Å²) >= 11 is 2.66. The van der Waals surface area contributed by atoms with Crippen molar-refractivity contribution >= 4 is 66.4 Å². The summed E-state index contributed by atoms with van der Waals surface area (Å²) in [6.07, 6.45) is 2.07. The van der Waals surface area contributed by atoms with E-state index in [-0.39, 0.29) is 37.2 Å². The van der Waals surface area contributed by atoms with Gasteiger partial charge in [-0.25, -0.2) is 4.98 Å². The summed E-state index contributed by atoms with van der Waals surface area (Å²) in [5, 5.41) is 19.5. The Hall–Kier alpha value is -4.55. The predicted octanol–water partition coefficient (Wildman–Crippen LogP) is 6.13. The first-order chi connectivity index (χ1) is 20.6. The predicted molar refractivity (Wildman–Crippen MR) is 163 cm³/mol. The molecule has 0 saturated heterocycles. The van der Waals surface area contributed by atoms with Gasteiger partial charge in [0.2, 0.25) is 0 Å². The number of carbonyl (C=O) groups excluding carboxylic acids is 2. The zero-order valence-electron chi connectivity index (χ0n) is 23.4. The smallest absolute Gasteiger partial charge is 0.303 e. The number of methoxy groups -OCH3 is 2. The first kappa shape index (κ1) is 29.9. The van der Waals surface area contributed by atoms with Crippen LogP contribution >= 0.6 is 22.7 Å². The molecule has 10 nitrogen and oxygen atoms in total. The number of hydrogen-bond donors (Lipinski definition) is 3. The minimum atomic E-state index is -1.01. The number of benzene rings is 2. The number of rotatable bonds is 14. The van der Waals surface area contributed by atoms with Crippen molar-refractivity contribution in [2.45, 2.75) is 38.5 Å². The maximum Gasteiger partial charge on any atom is 0.303 e. The lowest BCUT2D eigenvalue weighted by molar-refractivity contribution is -0.137. The van der Waals surface area contributed by atoms with Crippen molar-refractivity contribution in [3.05, 3.63) is 75.0 Å². The van der Waals surface area contributed by atoms with Crippen LogP contribution in [0.5, 0.6) is 11.5 Å². The Morgan fingerprint density at radius 2 is 1.21 bits per heavy atom. The van der Waals surface area contributed by atoms with Crippen LogP contribution in [0.3, 0.4) is 0 Å². The fourth-order valence-corrected chi connectivity index (χ4v) is 7.01. The Kier molecular flexibility index (Phi) is 8.88. The van der Waals surface area contributed by atoms with Crippen molar-refractivity contribution in [1.29, 1.82) is 0 Å². The third-order valence-corrected chi connectivity index (χ3v) is 9.33. The number of carboxylic acids is 2. The lowest BCUT2D eigenvalue weighted by atomic mass is 10.0. The molecule has 0 aliphatic carbocycles. The summed E-state index contributed by atoms with van der Waals surface area (Å²) < 4.78 is 13.1. The number of carbonyl (C=O) groups is 4. The first-order valence-electron chi connectivity index (χ1n) is 13.4. The van der Waals surface area contributed by atoms with E-state index in [9.17, 15) is 19.2 Å².